The summed E-state index contributed by atoms with van der Waals surface area (Å²) in [6.45, 7) is -1.65. The van der Waals surface area contributed by atoms with Crippen molar-refractivity contribution in [3.63, 3.8) is 0 Å². The number of hydrogen-bond acceptors (Lipinski definition) is 5. The predicted octanol–water partition coefficient (Wildman–Crippen LogP) is 13.7. The molecule has 366 valence electrons. The largest absolute Gasteiger partial charge is 0.484 e. The van der Waals surface area contributed by atoms with Crippen LogP contribution in [-0.2, 0) is 30.7 Å². The number of alkyl halides is 6. The number of methoxy groups -OCH3 is 1. The Bertz CT molecular complexity index is 3220. The zero-order valence-corrected chi connectivity index (χ0v) is 38.7. The third-order valence-corrected chi connectivity index (χ3v) is 12.8. The summed E-state index contributed by atoms with van der Waals surface area (Å²) in [5, 5.41) is 11.8. The van der Waals surface area contributed by atoms with Crippen LogP contribution in [0.1, 0.15) is 103 Å². The lowest BCUT2D eigenvalue weighted by molar-refractivity contribution is -0.154. The van der Waals surface area contributed by atoms with Crippen LogP contribution in [0.3, 0.4) is 0 Å². The number of nitrogens with zero attached hydrogens (tertiary/aromatic N) is 2. The summed E-state index contributed by atoms with van der Waals surface area (Å²) in [5.41, 5.74) is 10.8. The lowest BCUT2D eigenvalue weighted by Crippen LogP contribution is -2.19. The van der Waals surface area contributed by atoms with Gasteiger partial charge >= 0.3 is 24.3 Å². The van der Waals surface area contributed by atoms with Gasteiger partial charge in [-0.05, 0) is 178 Å². The number of carboxylic acids is 1. The zero-order chi connectivity index (χ0) is 49.9. The first-order valence-electron chi connectivity index (χ1n) is 23.3. The van der Waals surface area contributed by atoms with Crippen LogP contribution in [0.15, 0.2) is 146 Å². The SMILES string of the molecule is COC(=O)c1cc(C2CC2)ccc1Cc1ccc2c(ccn2Cc2cccc(OCC(F)(F)F)c2)c1.O=C(O)c1cc(C2CC2)ccc1Cc1ccc2c(ccn2Cc2cccc(OCC(F)(F)F)c2)c1. The molecule has 10 rings (SSSR count). The van der Waals surface area contributed by atoms with E-state index in [-0.39, 0.29) is 17.5 Å². The van der Waals surface area contributed by atoms with Crippen LogP contribution in [0.4, 0.5) is 26.3 Å². The highest BCUT2D eigenvalue weighted by Gasteiger charge is 2.30. The quantitative estimate of drug-likeness (QED) is 0.0766. The van der Waals surface area contributed by atoms with Gasteiger partial charge in [0.05, 0.1) is 18.2 Å². The molecule has 6 aromatic carbocycles. The Morgan fingerprint density at radius 3 is 1.42 bits per heavy atom. The molecule has 2 fully saturated rings. The second-order valence-corrected chi connectivity index (χ2v) is 18.3. The fraction of sp³-hybridized carbons (Fsp3) is 0.263. The molecule has 0 bridgehead atoms. The van der Waals surface area contributed by atoms with Gasteiger partial charge in [-0.25, -0.2) is 9.59 Å². The van der Waals surface area contributed by atoms with Crippen LogP contribution < -0.4 is 9.47 Å². The molecular weight excluding hydrogens is 923 g/mol. The molecule has 0 atom stereocenters. The Labute approximate surface area is 406 Å². The van der Waals surface area contributed by atoms with E-state index in [9.17, 15) is 41.0 Å². The summed E-state index contributed by atoms with van der Waals surface area (Å²) in [4.78, 5) is 24.3. The monoisotopic (exact) mass is 972 g/mol. The van der Waals surface area contributed by atoms with Gasteiger partial charge in [-0.15, -0.1) is 0 Å². The van der Waals surface area contributed by atoms with Gasteiger partial charge in [0.2, 0.25) is 0 Å². The van der Waals surface area contributed by atoms with Gasteiger partial charge in [-0.1, -0.05) is 60.7 Å². The van der Waals surface area contributed by atoms with Crippen LogP contribution in [0.25, 0.3) is 21.8 Å². The number of aromatic nitrogens is 2. The smallest absolute Gasteiger partial charge is 0.422 e. The van der Waals surface area contributed by atoms with E-state index in [4.69, 9.17) is 14.2 Å². The number of ether oxygens (including phenoxy) is 3. The lowest BCUT2D eigenvalue weighted by atomic mass is 9.96. The number of fused-ring (bicyclic) bond motifs is 2. The number of aromatic carboxylic acids is 1. The number of esters is 1. The van der Waals surface area contributed by atoms with E-state index in [1.807, 2.05) is 100 Å². The standard InChI is InChI=1S/C29H26F3NO3.C28H24F3NO3/c1-35-28(34)26-16-22(21-6-7-21)8-9-23(26)13-19-5-10-27-24(14-19)11-12-33(27)17-20-3-2-4-25(15-20)36-18-29(30,31)32;29-28(30,31)17-35-24-3-1-2-19(14-24)16-32-11-10-23-13-18(4-9-26(23)32)12-22-8-7-21(20-5-6-20)15-25(22)27(33)34/h2-5,8-12,14-16,21H,6-7,13,17-18H2,1H3;1-4,7-11,13-15,20H,5-6,12,16-17H2,(H,33,34). The summed E-state index contributed by atoms with van der Waals surface area (Å²) in [7, 11) is 1.41. The second-order valence-electron chi connectivity index (χ2n) is 18.3. The molecule has 0 aliphatic heterocycles. The molecule has 71 heavy (non-hydrogen) atoms. The minimum absolute atomic E-state index is 0.181. The first-order chi connectivity index (χ1) is 34.0. The highest BCUT2D eigenvalue weighted by Crippen LogP contribution is 2.42. The summed E-state index contributed by atoms with van der Waals surface area (Å²) in [6.07, 6.45) is 0.842. The minimum atomic E-state index is -4.38. The lowest BCUT2D eigenvalue weighted by Gasteiger charge is -2.12. The van der Waals surface area contributed by atoms with Gasteiger partial charge in [0, 0.05) is 36.5 Å². The Morgan fingerprint density at radius 2 is 1.00 bits per heavy atom. The molecule has 0 unspecified atom stereocenters. The van der Waals surface area contributed by atoms with Crippen LogP contribution in [0.5, 0.6) is 11.5 Å². The van der Waals surface area contributed by atoms with E-state index in [0.717, 1.165) is 73.6 Å². The van der Waals surface area contributed by atoms with Gasteiger partial charge in [-0.2, -0.15) is 26.3 Å². The molecule has 0 radical (unpaired) electrons. The van der Waals surface area contributed by atoms with E-state index in [0.29, 0.717) is 48.9 Å². The van der Waals surface area contributed by atoms with E-state index >= 15 is 0 Å². The molecule has 14 heteroatoms. The minimum Gasteiger partial charge on any atom is -0.484 e. The highest BCUT2D eigenvalue weighted by molar-refractivity contribution is 5.92. The van der Waals surface area contributed by atoms with Crippen molar-refractivity contribution in [2.75, 3.05) is 20.3 Å². The maximum atomic E-state index is 12.5. The molecule has 1 N–H and O–H groups in total. The van der Waals surface area contributed by atoms with Crippen molar-refractivity contribution in [1.29, 1.82) is 0 Å². The average Bonchev–Trinajstić information content (AvgIpc) is 4.30. The van der Waals surface area contributed by atoms with E-state index in [1.165, 1.54) is 37.6 Å². The van der Waals surface area contributed by atoms with Gasteiger partial charge in [0.1, 0.15) is 11.5 Å². The fourth-order valence-electron chi connectivity index (χ4n) is 8.96. The first-order valence-corrected chi connectivity index (χ1v) is 23.3. The normalized spacial score (nSPS) is 13.7. The maximum Gasteiger partial charge on any atom is 0.422 e. The number of carbonyl (C=O) groups excluding carboxylic acids is 1. The molecular formula is C57H50F6N2O6. The first kappa shape index (κ1) is 48.5. The van der Waals surface area contributed by atoms with Crippen molar-refractivity contribution in [1.82, 2.24) is 9.13 Å². The van der Waals surface area contributed by atoms with Crippen molar-refractivity contribution < 1.29 is 55.2 Å². The van der Waals surface area contributed by atoms with E-state index < -0.39 is 31.5 Å². The molecule has 8 aromatic rings. The molecule has 2 aromatic heterocycles. The molecule has 0 spiro atoms. The topological polar surface area (TPSA) is 91.9 Å². The van der Waals surface area contributed by atoms with Crippen molar-refractivity contribution in [2.45, 2.75) is 75.8 Å². The van der Waals surface area contributed by atoms with Crippen LogP contribution in [0.2, 0.25) is 0 Å². The van der Waals surface area contributed by atoms with Gasteiger partial charge in [-0.3, -0.25) is 0 Å². The second kappa shape index (κ2) is 20.5. The molecule has 2 saturated carbocycles. The fourth-order valence-corrected chi connectivity index (χ4v) is 8.96. The zero-order valence-electron chi connectivity index (χ0n) is 38.7. The van der Waals surface area contributed by atoms with Crippen LogP contribution in [0, 0.1) is 0 Å². The highest BCUT2D eigenvalue weighted by atomic mass is 19.4. The number of hydrogen-bond donors (Lipinski definition) is 1. The van der Waals surface area contributed by atoms with Gasteiger partial charge in [0.15, 0.2) is 13.2 Å². The molecule has 8 nitrogen and oxygen atoms in total. The maximum absolute atomic E-state index is 12.5. The van der Waals surface area contributed by atoms with Crippen LogP contribution >= 0.6 is 0 Å². The summed E-state index contributed by atoms with van der Waals surface area (Å²) in [6, 6.07) is 41.5. The molecule has 2 aliphatic carbocycles. The van der Waals surface area contributed by atoms with Crippen molar-refractivity contribution in [3.8, 4) is 11.5 Å². The molecule has 0 amide bonds. The molecule has 2 heterocycles. The van der Waals surface area contributed by atoms with Crippen molar-refractivity contribution >= 4 is 33.7 Å². The van der Waals surface area contributed by atoms with Gasteiger partial charge in [0.25, 0.3) is 0 Å². The van der Waals surface area contributed by atoms with E-state index in [2.05, 4.69) is 18.2 Å². The Hall–Kier alpha value is -7.48. The van der Waals surface area contributed by atoms with Crippen molar-refractivity contribution in [2.24, 2.45) is 0 Å². The van der Waals surface area contributed by atoms with Gasteiger partial charge < -0.3 is 28.5 Å². The van der Waals surface area contributed by atoms with Crippen LogP contribution in [-0.4, -0.2) is 58.9 Å². The third-order valence-electron chi connectivity index (χ3n) is 12.8. The predicted molar refractivity (Wildman–Crippen MR) is 259 cm³/mol. The molecule has 0 saturated heterocycles. The molecule has 2 aliphatic rings. The number of benzene rings is 6. The number of carbonyl (C=O) groups is 2. The summed E-state index contributed by atoms with van der Waals surface area (Å²) in [5.74, 6) is 0.196. The third kappa shape index (κ3) is 12.7. The number of carboxylic acid groups (broad SMARTS) is 1. The van der Waals surface area contributed by atoms with Crippen molar-refractivity contribution in [3.05, 3.63) is 201 Å². The number of halogens is 6. The van der Waals surface area contributed by atoms with E-state index in [1.54, 1.807) is 24.3 Å². The Morgan fingerprint density at radius 1 is 0.549 bits per heavy atom. The Balaban J connectivity index is 0.000000176. The Kier molecular flexibility index (Phi) is 14.0. The summed E-state index contributed by atoms with van der Waals surface area (Å²) >= 11 is 0. The average molecular weight is 973 g/mol. The summed E-state index contributed by atoms with van der Waals surface area (Å²) < 4.78 is 93.6. The number of rotatable bonds is 16.